The van der Waals surface area contributed by atoms with Gasteiger partial charge < -0.3 is 10.1 Å². The summed E-state index contributed by atoms with van der Waals surface area (Å²) in [4.78, 5) is 12.8. The molecule has 1 aromatic heterocycles. The van der Waals surface area contributed by atoms with Crippen LogP contribution in [-0.4, -0.2) is 32.5 Å². The zero-order chi connectivity index (χ0) is 20.2. The average Bonchev–Trinajstić information content (AvgIpc) is 3.50. The lowest BCUT2D eigenvalue weighted by Gasteiger charge is -2.15. The summed E-state index contributed by atoms with van der Waals surface area (Å²) in [5.74, 6) is 2.01. The van der Waals surface area contributed by atoms with E-state index >= 15 is 0 Å². The van der Waals surface area contributed by atoms with Gasteiger partial charge in [-0.15, -0.1) is 10.2 Å². The summed E-state index contributed by atoms with van der Waals surface area (Å²) in [6.45, 7) is 4.34. The zero-order valence-corrected chi connectivity index (χ0v) is 17.4. The second-order valence-electron chi connectivity index (χ2n) is 6.96. The molecule has 1 amide bonds. The van der Waals surface area contributed by atoms with Crippen LogP contribution >= 0.6 is 11.8 Å². The standard InChI is InChI=1S/C22H24N4O2S/c1-3-28-19-12-8-7-11-18(19)23-21(27)15(2)29-22-25-24-20(16-13-14-16)26(22)17-9-5-4-6-10-17/h4-12,15-16H,3,13-14H2,1-2H3,(H,23,27)/t15-/m1/s1. The molecule has 1 fully saturated rings. The molecule has 0 aliphatic heterocycles. The number of ether oxygens (including phenoxy) is 1. The maximum Gasteiger partial charge on any atom is 0.237 e. The van der Waals surface area contributed by atoms with Gasteiger partial charge in [0.25, 0.3) is 0 Å². The van der Waals surface area contributed by atoms with Crippen molar-refractivity contribution in [3.05, 3.63) is 60.4 Å². The molecule has 1 N–H and O–H groups in total. The molecule has 0 unspecified atom stereocenters. The normalized spacial score (nSPS) is 14.4. The quantitative estimate of drug-likeness (QED) is 0.549. The summed E-state index contributed by atoms with van der Waals surface area (Å²) in [6.07, 6.45) is 2.28. The van der Waals surface area contributed by atoms with Crippen molar-refractivity contribution in [3.8, 4) is 11.4 Å². The Balaban J connectivity index is 1.53. The lowest BCUT2D eigenvalue weighted by molar-refractivity contribution is -0.115. The molecule has 1 heterocycles. The largest absolute Gasteiger partial charge is 0.492 e. The molecule has 3 aromatic rings. The highest BCUT2D eigenvalue weighted by Gasteiger charge is 2.32. The summed E-state index contributed by atoms with van der Waals surface area (Å²) < 4.78 is 7.69. The number of hydrogen-bond acceptors (Lipinski definition) is 5. The molecule has 0 spiro atoms. The third-order valence-electron chi connectivity index (χ3n) is 4.71. The van der Waals surface area contributed by atoms with Crippen LogP contribution in [0.2, 0.25) is 0 Å². The summed E-state index contributed by atoms with van der Waals surface area (Å²) in [7, 11) is 0. The fourth-order valence-corrected chi connectivity index (χ4v) is 3.96. The van der Waals surface area contributed by atoms with Crippen molar-refractivity contribution < 1.29 is 9.53 Å². The number of carbonyl (C=O) groups is 1. The number of rotatable bonds is 8. The Hall–Kier alpha value is -2.80. The molecule has 1 saturated carbocycles. The SMILES string of the molecule is CCOc1ccccc1NC(=O)[C@@H](C)Sc1nnc(C2CC2)n1-c1ccccc1. The molecular weight excluding hydrogens is 384 g/mol. The van der Waals surface area contributed by atoms with Gasteiger partial charge in [-0.25, -0.2) is 0 Å². The molecule has 6 nitrogen and oxygen atoms in total. The van der Waals surface area contributed by atoms with Gasteiger partial charge >= 0.3 is 0 Å². The molecule has 1 aliphatic carbocycles. The Labute approximate surface area is 174 Å². The van der Waals surface area contributed by atoms with Crippen LogP contribution in [0.4, 0.5) is 5.69 Å². The van der Waals surface area contributed by atoms with Crippen molar-refractivity contribution in [2.24, 2.45) is 0 Å². The number of thioether (sulfide) groups is 1. The van der Waals surface area contributed by atoms with Crippen LogP contribution in [-0.2, 0) is 4.79 Å². The number of para-hydroxylation sites is 3. The van der Waals surface area contributed by atoms with E-state index in [9.17, 15) is 4.79 Å². The monoisotopic (exact) mass is 408 g/mol. The fraction of sp³-hybridized carbons (Fsp3) is 0.318. The van der Waals surface area contributed by atoms with Gasteiger partial charge in [-0.3, -0.25) is 9.36 Å². The summed E-state index contributed by atoms with van der Waals surface area (Å²) in [5, 5.41) is 12.2. The number of benzene rings is 2. The second kappa shape index (κ2) is 8.69. The molecule has 1 aliphatic rings. The smallest absolute Gasteiger partial charge is 0.237 e. The number of amides is 1. The topological polar surface area (TPSA) is 69.0 Å². The summed E-state index contributed by atoms with van der Waals surface area (Å²) >= 11 is 1.41. The van der Waals surface area contributed by atoms with Gasteiger partial charge in [0.15, 0.2) is 5.16 Å². The van der Waals surface area contributed by atoms with Crippen molar-refractivity contribution in [2.75, 3.05) is 11.9 Å². The van der Waals surface area contributed by atoms with Gasteiger partial charge in [-0.1, -0.05) is 42.1 Å². The number of carbonyl (C=O) groups excluding carboxylic acids is 1. The Kier molecular flexibility index (Phi) is 5.85. The highest BCUT2D eigenvalue weighted by Crippen LogP contribution is 2.41. The molecule has 1 atom stereocenters. The van der Waals surface area contributed by atoms with Crippen LogP contribution in [0, 0.1) is 0 Å². The van der Waals surface area contributed by atoms with Gasteiger partial charge in [-0.05, 0) is 51.0 Å². The van der Waals surface area contributed by atoms with E-state index in [2.05, 4.69) is 20.1 Å². The van der Waals surface area contributed by atoms with Crippen molar-refractivity contribution in [3.63, 3.8) is 0 Å². The molecule has 0 radical (unpaired) electrons. The first kappa shape index (κ1) is 19.5. The molecule has 4 rings (SSSR count). The number of nitrogens with zero attached hydrogens (tertiary/aromatic N) is 3. The first-order valence-corrected chi connectivity index (χ1v) is 10.8. The van der Waals surface area contributed by atoms with Crippen molar-refractivity contribution in [1.82, 2.24) is 14.8 Å². The maximum atomic E-state index is 12.8. The maximum absolute atomic E-state index is 12.8. The molecule has 0 saturated heterocycles. The third-order valence-corrected chi connectivity index (χ3v) is 5.75. The molecule has 150 valence electrons. The van der Waals surface area contributed by atoms with Crippen LogP contribution in [0.1, 0.15) is 38.4 Å². The van der Waals surface area contributed by atoms with Crippen LogP contribution in [0.15, 0.2) is 59.8 Å². The van der Waals surface area contributed by atoms with Crippen molar-refractivity contribution in [1.29, 1.82) is 0 Å². The van der Waals surface area contributed by atoms with Crippen molar-refractivity contribution >= 4 is 23.4 Å². The van der Waals surface area contributed by atoms with Crippen molar-refractivity contribution in [2.45, 2.75) is 43.0 Å². The van der Waals surface area contributed by atoms with Gasteiger partial charge in [0, 0.05) is 11.6 Å². The van der Waals surface area contributed by atoms with Gasteiger partial charge in [0.05, 0.1) is 17.5 Å². The zero-order valence-electron chi connectivity index (χ0n) is 16.5. The van der Waals surface area contributed by atoms with E-state index in [-0.39, 0.29) is 11.2 Å². The number of anilines is 1. The first-order chi connectivity index (χ1) is 14.2. The Bertz CT molecular complexity index is 985. The lowest BCUT2D eigenvalue weighted by atomic mass is 10.3. The van der Waals surface area contributed by atoms with E-state index in [1.165, 1.54) is 11.8 Å². The van der Waals surface area contributed by atoms with Gasteiger partial charge in [0.2, 0.25) is 5.91 Å². The number of aromatic nitrogens is 3. The molecule has 29 heavy (non-hydrogen) atoms. The van der Waals surface area contributed by atoms with E-state index in [0.717, 1.165) is 29.5 Å². The van der Waals surface area contributed by atoms with Gasteiger partial charge in [-0.2, -0.15) is 0 Å². The highest BCUT2D eigenvalue weighted by molar-refractivity contribution is 8.00. The minimum absolute atomic E-state index is 0.0993. The minimum atomic E-state index is -0.344. The molecule has 7 heteroatoms. The van der Waals surface area contributed by atoms with E-state index in [1.807, 2.05) is 68.4 Å². The van der Waals surface area contributed by atoms with Gasteiger partial charge in [0.1, 0.15) is 11.6 Å². The predicted molar refractivity (Wildman–Crippen MR) is 115 cm³/mol. The fourth-order valence-electron chi connectivity index (χ4n) is 3.08. The highest BCUT2D eigenvalue weighted by atomic mass is 32.2. The number of hydrogen-bond donors (Lipinski definition) is 1. The Morgan fingerprint density at radius 1 is 1.17 bits per heavy atom. The lowest BCUT2D eigenvalue weighted by Crippen LogP contribution is -2.23. The summed E-state index contributed by atoms with van der Waals surface area (Å²) in [6, 6.07) is 17.5. The van der Waals surface area contributed by atoms with Crippen LogP contribution in [0.3, 0.4) is 0 Å². The minimum Gasteiger partial charge on any atom is -0.492 e. The predicted octanol–water partition coefficient (Wildman–Crippen LogP) is 4.66. The average molecular weight is 409 g/mol. The first-order valence-electron chi connectivity index (χ1n) is 9.87. The third kappa shape index (κ3) is 4.45. The van der Waals surface area contributed by atoms with Crippen LogP contribution in [0.25, 0.3) is 5.69 Å². The van der Waals surface area contributed by atoms with E-state index in [4.69, 9.17) is 4.74 Å². The molecule has 0 bridgehead atoms. The van der Waals surface area contributed by atoms with E-state index < -0.39 is 0 Å². The molecular formula is C22H24N4O2S. The Morgan fingerprint density at radius 3 is 2.62 bits per heavy atom. The van der Waals surface area contributed by atoms with Crippen LogP contribution < -0.4 is 10.1 Å². The Morgan fingerprint density at radius 2 is 1.90 bits per heavy atom. The summed E-state index contributed by atoms with van der Waals surface area (Å²) in [5.41, 5.74) is 1.70. The second-order valence-corrected chi connectivity index (χ2v) is 8.27. The molecule has 2 aromatic carbocycles. The van der Waals surface area contributed by atoms with Crippen LogP contribution in [0.5, 0.6) is 5.75 Å². The number of nitrogens with one attached hydrogen (secondary N) is 1. The van der Waals surface area contributed by atoms with E-state index in [1.54, 1.807) is 0 Å². The van der Waals surface area contributed by atoms with E-state index in [0.29, 0.717) is 24.0 Å².